The van der Waals surface area contributed by atoms with E-state index in [9.17, 15) is 9.59 Å². The van der Waals surface area contributed by atoms with Gasteiger partial charge >= 0.3 is 0 Å². The van der Waals surface area contributed by atoms with Crippen molar-refractivity contribution in [2.45, 2.75) is 71.0 Å². The summed E-state index contributed by atoms with van der Waals surface area (Å²) in [5.41, 5.74) is 7.12. The fraction of sp³-hybridized carbons (Fsp3) is 0.462. The number of aryl methyl sites for hydroxylation is 2. The third-order valence-electron chi connectivity index (χ3n) is 11.1. The SMILES string of the molecule is CCc1c(-c2cc(Nc3ccc(N4CCN(C5COC5)CC4(C)C)cn3)c(=O)n(C)c2)cc(F)cc1N1CCn2c(cc3c2CCCC3)C1=O. The molecule has 1 amide bonds. The molecule has 2 fully saturated rings. The molecule has 3 aliphatic heterocycles. The normalized spacial score (nSPS) is 19.3. The molecule has 262 valence electrons. The van der Waals surface area contributed by atoms with Crippen LogP contribution in [0.4, 0.5) is 27.3 Å². The Balaban J connectivity index is 1.07. The quantitative estimate of drug-likeness (QED) is 0.275. The molecule has 0 bridgehead atoms. The molecular formula is C39H46FN7O3. The highest BCUT2D eigenvalue weighted by Crippen LogP contribution is 2.37. The standard InChI is InChI=1S/C39H46FN7O3/c1-5-30-31(18-27(40)19-34(30)46-14-13-45-33-9-7-6-8-25(33)17-35(45)38(46)49)26-16-32(37(48)43(4)21-26)42-36-11-10-28(20-41-36)47-15-12-44(24-39(47,2)3)29-22-50-23-29/h10-11,16-21,29H,5-9,12-15,22-24H2,1-4H3,(H,41,42). The van der Waals surface area contributed by atoms with E-state index in [4.69, 9.17) is 9.72 Å². The maximum Gasteiger partial charge on any atom is 0.274 e. The number of halogens is 1. The van der Waals surface area contributed by atoms with Crippen LogP contribution < -0.4 is 20.7 Å². The van der Waals surface area contributed by atoms with Crippen LogP contribution in [0.15, 0.2) is 53.6 Å². The Hall–Kier alpha value is -4.48. The van der Waals surface area contributed by atoms with Gasteiger partial charge in [-0.15, -0.1) is 0 Å². The van der Waals surface area contributed by atoms with Crippen LogP contribution in [-0.4, -0.2) is 75.9 Å². The molecule has 4 aliphatic rings. The van der Waals surface area contributed by atoms with Gasteiger partial charge in [0.15, 0.2) is 0 Å². The van der Waals surface area contributed by atoms with E-state index in [-0.39, 0.29) is 17.0 Å². The first-order chi connectivity index (χ1) is 24.1. The van der Waals surface area contributed by atoms with E-state index >= 15 is 4.39 Å². The second-order valence-corrected chi connectivity index (χ2v) is 14.8. The van der Waals surface area contributed by atoms with Crippen LogP contribution in [0.1, 0.15) is 60.9 Å². The molecule has 4 aromatic rings. The Kier molecular flexibility index (Phi) is 8.30. The van der Waals surface area contributed by atoms with Crippen LogP contribution in [0, 0.1) is 5.82 Å². The Morgan fingerprint density at radius 3 is 2.56 bits per heavy atom. The number of nitrogens with zero attached hydrogens (tertiary/aromatic N) is 6. The van der Waals surface area contributed by atoms with E-state index in [1.807, 2.05) is 31.3 Å². The van der Waals surface area contributed by atoms with E-state index < -0.39 is 5.82 Å². The maximum atomic E-state index is 15.5. The topological polar surface area (TPSA) is 87.9 Å². The number of carbonyl (C=O) groups is 1. The van der Waals surface area contributed by atoms with Gasteiger partial charge in [-0.25, -0.2) is 9.37 Å². The van der Waals surface area contributed by atoms with Gasteiger partial charge in [0, 0.05) is 62.8 Å². The van der Waals surface area contributed by atoms with Gasteiger partial charge in [0.25, 0.3) is 11.5 Å². The van der Waals surface area contributed by atoms with Crippen LogP contribution in [0.25, 0.3) is 11.1 Å². The van der Waals surface area contributed by atoms with Crippen LogP contribution >= 0.6 is 0 Å². The second-order valence-electron chi connectivity index (χ2n) is 14.8. The molecule has 1 aliphatic carbocycles. The fourth-order valence-corrected chi connectivity index (χ4v) is 8.48. The van der Waals surface area contributed by atoms with E-state index in [0.717, 1.165) is 69.8 Å². The van der Waals surface area contributed by atoms with Gasteiger partial charge in [0.2, 0.25) is 0 Å². The zero-order valence-electron chi connectivity index (χ0n) is 29.5. The van der Waals surface area contributed by atoms with Crippen molar-refractivity contribution < 1.29 is 13.9 Å². The number of nitrogens with one attached hydrogen (secondary N) is 1. The summed E-state index contributed by atoms with van der Waals surface area (Å²) in [4.78, 5) is 38.7. The Bertz CT molecular complexity index is 2010. The highest BCUT2D eigenvalue weighted by Gasteiger charge is 2.38. The summed E-state index contributed by atoms with van der Waals surface area (Å²) in [6.07, 6.45) is 8.47. The van der Waals surface area contributed by atoms with Crippen LogP contribution in [0.3, 0.4) is 0 Å². The van der Waals surface area contributed by atoms with Gasteiger partial charge in [-0.05, 0) is 99.0 Å². The van der Waals surface area contributed by atoms with E-state index in [2.05, 4.69) is 33.5 Å². The third-order valence-corrected chi connectivity index (χ3v) is 11.1. The van der Waals surface area contributed by atoms with Crippen molar-refractivity contribution in [2.24, 2.45) is 7.05 Å². The predicted octanol–water partition coefficient (Wildman–Crippen LogP) is 5.53. The number of hydrogen-bond acceptors (Lipinski definition) is 7. The Morgan fingerprint density at radius 2 is 1.84 bits per heavy atom. The lowest BCUT2D eigenvalue weighted by atomic mass is 9.95. The highest BCUT2D eigenvalue weighted by molar-refractivity contribution is 6.07. The molecule has 10 nitrogen and oxygen atoms in total. The van der Waals surface area contributed by atoms with Gasteiger partial charge < -0.3 is 29.0 Å². The summed E-state index contributed by atoms with van der Waals surface area (Å²) in [6, 6.07) is 11.3. The van der Waals surface area contributed by atoms with Crippen molar-refractivity contribution in [2.75, 3.05) is 54.5 Å². The van der Waals surface area contributed by atoms with Crippen LogP contribution in [-0.2, 0) is 37.6 Å². The first kappa shape index (κ1) is 32.7. The van der Waals surface area contributed by atoms with Crippen molar-refractivity contribution in [1.82, 2.24) is 19.0 Å². The minimum Gasteiger partial charge on any atom is -0.378 e. The summed E-state index contributed by atoms with van der Waals surface area (Å²) in [6.45, 7) is 12.2. The lowest BCUT2D eigenvalue weighted by Gasteiger charge is -2.51. The molecule has 8 rings (SSSR count). The number of aromatic nitrogens is 3. The maximum absolute atomic E-state index is 15.5. The monoisotopic (exact) mass is 679 g/mol. The summed E-state index contributed by atoms with van der Waals surface area (Å²) in [5.74, 6) is 0.0319. The average Bonchev–Trinajstić information content (AvgIpc) is 3.46. The molecule has 1 N–H and O–H groups in total. The van der Waals surface area contributed by atoms with E-state index in [1.54, 1.807) is 24.2 Å². The molecule has 3 aromatic heterocycles. The lowest BCUT2D eigenvalue weighted by Crippen LogP contribution is -2.64. The molecule has 0 saturated carbocycles. The predicted molar refractivity (Wildman–Crippen MR) is 194 cm³/mol. The van der Waals surface area contributed by atoms with Gasteiger partial charge in [-0.3, -0.25) is 14.5 Å². The van der Waals surface area contributed by atoms with E-state index in [0.29, 0.717) is 59.6 Å². The summed E-state index contributed by atoms with van der Waals surface area (Å²) in [5, 5.41) is 3.24. The number of pyridine rings is 2. The van der Waals surface area contributed by atoms with Crippen LogP contribution in [0.2, 0.25) is 0 Å². The summed E-state index contributed by atoms with van der Waals surface area (Å²) in [7, 11) is 1.70. The van der Waals surface area contributed by atoms with Gasteiger partial charge in [-0.2, -0.15) is 0 Å². The zero-order valence-corrected chi connectivity index (χ0v) is 29.5. The minimum absolute atomic E-state index is 0.0714. The number of amides is 1. The average molecular weight is 680 g/mol. The Morgan fingerprint density at radius 1 is 1.02 bits per heavy atom. The first-order valence-corrected chi connectivity index (χ1v) is 18.0. The smallest absolute Gasteiger partial charge is 0.274 e. The second kappa shape index (κ2) is 12.7. The number of hydrogen-bond donors (Lipinski definition) is 1. The number of ether oxygens (including phenoxy) is 1. The number of piperazine rings is 1. The molecule has 0 radical (unpaired) electrons. The molecule has 0 atom stereocenters. The van der Waals surface area contributed by atoms with E-state index in [1.165, 1.54) is 28.0 Å². The van der Waals surface area contributed by atoms with Crippen molar-refractivity contribution >= 4 is 28.8 Å². The molecule has 0 unspecified atom stereocenters. The number of rotatable bonds is 7. The van der Waals surface area contributed by atoms with Crippen LogP contribution in [0.5, 0.6) is 0 Å². The van der Waals surface area contributed by atoms with Crippen molar-refractivity contribution in [3.8, 4) is 11.1 Å². The van der Waals surface area contributed by atoms with Gasteiger partial charge in [0.1, 0.15) is 23.0 Å². The van der Waals surface area contributed by atoms with Gasteiger partial charge in [0.05, 0.1) is 36.8 Å². The molecule has 11 heteroatoms. The molecule has 2 saturated heterocycles. The van der Waals surface area contributed by atoms with Gasteiger partial charge in [-0.1, -0.05) is 6.92 Å². The van der Waals surface area contributed by atoms with Crippen molar-refractivity contribution in [3.05, 3.63) is 87.5 Å². The number of benzene rings is 1. The highest BCUT2D eigenvalue weighted by atomic mass is 19.1. The number of carbonyl (C=O) groups excluding carboxylic acids is 1. The fourth-order valence-electron chi connectivity index (χ4n) is 8.48. The largest absolute Gasteiger partial charge is 0.378 e. The zero-order chi connectivity index (χ0) is 34.7. The third kappa shape index (κ3) is 5.70. The van der Waals surface area contributed by atoms with Crippen molar-refractivity contribution in [1.29, 1.82) is 0 Å². The number of anilines is 4. The lowest BCUT2D eigenvalue weighted by molar-refractivity contribution is -0.0741. The molecular weight excluding hydrogens is 633 g/mol. The molecule has 1 aromatic carbocycles. The minimum atomic E-state index is -0.425. The van der Waals surface area contributed by atoms with Crippen molar-refractivity contribution in [3.63, 3.8) is 0 Å². The Labute approximate surface area is 292 Å². The molecule has 0 spiro atoms. The first-order valence-electron chi connectivity index (χ1n) is 18.0. The molecule has 50 heavy (non-hydrogen) atoms. The summed E-state index contributed by atoms with van der Waals surface area (Å²) < 4.78 is 24.6. The number of fused-ring (bicyclic) bond motifs is 3. The summed E-state index contributed by atoms with van der Waals surface area (Å²) >= 11 is 0. The molecule has 6 heterocycles.